The molecule has 0 bridgehead atoms. The van der Waals surface area contributed by atoms with Crippen molar-refractivity contribution in [1.29, 1.82) is 0 Å². The number of hydrogen-bond acceptors (Lipinski definition) is 0. The van der Waals surface area contributed by atoms with Crippen LogP contribution in [0.4, 0.5) is 17.6 Å². The molecule has 84 valence electrons. The van der Waals surface area contributed by atoms with Gasteiger partial charge in [0, 0.05) is 20.1 Å². The summed E-state index contributed by atoms with van der Waals surface area (Å²) in [6.45, 7) is 1.07. The molecule has 0 spiro atoms. The third kappa shape index (κ3) is 1.52. The molecule has 0 aliphatic heterocycles. The highest BCUT2D eigenvalue weighted by molar-refractivity contribution is 7.25. The van der Waals surface area contributed by atoms with Gasteiger partial charge in [0.15, 0.2) is 23.3 Å². The van der Waals surface area contributed by atoms with Gasteiger partial charge in [0.1, 0.15) is 5.69 Å². The van der Waals surface area contributed by atoms with E-state index >= 15 is 0 Å². The van der Waals surface area contributed by atoms with Gasteiger partial charge in [0.2, 0.25) is 0 Å². The fourth-order valence-electron chi connectivity index (χ4n) is 1.34. The monoisotopic (exact) mass is 247 g/mol. The van der Waals surface area contributed by atoms with E-state index in [1.165, 1.54) is 6.20 Å². The van der Waals surface area contributed by atoms with Gasteiger partial charge in [-0.25, -0.2) is 17.6 Å². The summed E-state index contributed by atoms with van der Waals surface area (Å²) in [6.07, 6.45) is 1.39. The van der Waals surface area contributed by atoms with Gasteiger partial charge in [0.05, 0.1) is 0 Å². The average Bonchev–Trinajstić information content (AvgIpc) is 2.77. The zero-order valence-corrected chi connectivity index (χ0v) is 9.03. The molecule has 1 aromatic heterocycles. The van der Waals surface area contributed by atoms with Crippen molar-refractivity contribution in [2.24, 2.45) is 0 Å². The Morgan fingerprint density at radius 2 is 1.69 bits per heavy atom. The summed E-state index contributed by atoms with van der Waals surface area (Å²) in [5, 5.41) is 0. The van der Waals surface area contributed by atoms with Crippen LogP contribution in [0, 0.1) is 30.2 Å². The molecular weight excluding hydrogens is 241 g/mol. The van der Waals surface area contributed by atoms with E-state index in [4.69, 9.17) is 0 Å². The second kappa shape index (κ2) is 3.91. The zero-order chi connectivity index (χ0) is 11.9. The van der Waals surface area contributed by atoms with Gasteiger partial charge in [-0.15, -0.1) is 0 Å². The zero-order valence-electron chi connectivity index (χ0n) is 8.14. The van der Waals surface area contributed by atoms with Crippen molar-refractivity contribution in [2.45, 2.75) is 6.92 Å². The molecule has 0 aliphatic rings. The molecule has 6 heteroatoms. The second-order valence-corrected chi connectivity index (χ2v) is 4.14. The maximum Gasteiger partial charge on any atom is 0.197 e. The standard InChI is InChI=1S/C10H6F4NP/c1-5-6(11)8(13)9(14)10(7(5)12)15-3-2-4-16-15/h2-4H,1H3. The first-order chi connectivity index (χ1) is 7.54. The Balaban J connectivity index is 2.81. The molecule has 2 rings (SSSR count). The minimum atomic E-state index is -1.65. The predicted molar refractivity (Wildman–Crippen MR) is 52.9 cm³/mol. The highest BCUT2D eigenvalue weighted by atomic mass is 31.0. The van der Waals surface area contributed by atoms with Crippen molar-refractivity contribution >= 4 is 8.35 Å². The summed E-state index contributed by atoms with van der Waals surface area (Å²) >= 11 is 0. The van der Waals surface area contributed by atoms with E-state index in [0.29, 0.717) is 8.35 Å². The lowest BCUT2D eigenvalue weighted by Crippen LogP contribution is -2.06. The van der Waals surface area contributed by atoms with Crippen LogP contribution in [0.15, 0.2) is 18.1 Å². The first kappa shape index (κ1) is 11.1. The van der Waals surface area contributed by atoms with Gasteiger partial charge in [-0.3, -0.25) is 4.33 Å². The summed E-state index contributed by atoms with van der Waals surface area (Å²) in [5.41, 5.74) is -1.09. The van der Waals surface area contributed by atoms with Gasteiger partial charge in [-0.05, 0) is 18.8 Å². The van der Waals surface area contributed by atoms with Crippen LogP contribution in [0.25, 0.3) is 5.69 Å². The highest BCUT2D eigenvalue weighted by Crippen LogP contribution is 2.28. The number of aromatic nitrogens is 1. The van der Waals surface area contributed by atoms with E-state index in [1.54, 1.807) is 11.9 Å². The van der Waals surface area contributed by atoms with E-state index in [2.05, 4.69) is 0 Å². The third-order valence-electron chi connectivity index (χ3n) is 2.19. The van der Waals surface area contributed by atoms with Crippen molar-refractivity contribution in [1.82, 2.24) is 4.33 Å². The molecule has 1 heterocycles. The summed E-state index contributed by atoms with van der Waals surface area (Å²) < 4.78 is 54.3. The molecular formula is C10H6F4NP. The number of hydrogen-bond donors (Lipinski definition) is 0. The van der Waals surface area contributed by atoms with E-state index in [0.717, 1.165) is 11.3 Å². The van der Waals surface area contributed by atoms with Crippen molar-refractivity contribution in [3.05, 3.63) is 46.9 Å². The lowest BCUT2D eigenvalue weighted by atomic mass is 10.1. The van der Waals surface area contributed by atoms with Crippen molar-refractivity contribution in [3.8, 4) is 5.69 Å². The quantitative estimate of drug-likeness (QED) is 0.409. The van der Waals surface area contributed by atoms with Crippen LogP contribution in [-0.4, -0.2) is 4.33 Å². The molecule has 0 saturated heterocycles. The number of rotatable bonds is 1. The Morgan fingerprint density at radius 1 is 1.00 bits per heavy atom. The van der Waals surface area contributed by atoms with Gasteiger partial charge in [-0.1, -0.05) is 0 Å². The molecule has 0 fully saturated rings. The molecule has 0 radical (unpaired) electrons. The Hall–Kier alpha value is -1.35. The molecule has 0 N–H and O–H groups in total. The topological polar surface area (TPSA) is 4.93 Å². The Morgan fingerprint density at radius 3 is 2.25 bits per heavy atom. The average molecular weight is 247 g/mol. The molecule has 2 aromatic rings. The van der Waals surface area contributed by atoms with Crippen molar-refractivity contribution in [3.63, 3.8) is 0 Å². The van der Waals surface area contributed by atoms with Crippen molar-refractivity contribution in [2.75, 3.05) is 0 Å². The van der Waals surface area contributed by atoms with E-state index in [1.807, 2.05) is 0 Å². The first-order valence-corrected chi connectivity index (χ1v) is 5.28. The van der Waals surface area contributed by atoms with Gasteiger partial charge < -0.3 is 0 Å². The molecule has 16 heavy (non-hydrogen) atoms. The smallest absolute Gasteiger partial charge is 0.197 e. The molecule has 0 saturated carbocycles. The molecule has 1 aromatic carbocycles. The lowest BCUT2D eigenvalue weighted by Gasteiger charge is -2.09. The molecule has 0 atom stereocenters. The Bertz CT molecular complexity index is 507. The summed E-state index contributed by atoms with van der Waals surface area (Å²) in [6, 6.07) is 1.57. The van der Waals surface area contributed by atoms with Crippen LogP contribution in [0.3, 0.4) is 0 Å². The fraction of sp³-hybridized carbons (Fsp3) is 0.100. The Kier molecular flexibility index (Phi) is 2.72. The van der Waals surface area contributed by atoms with Gasteiger partial charge in [-0.2, -0.15) is 0 Å². The molecule has 0 aliphatic carbocycles. The highest BCUT2D eigenvalue weighted by Gasteiger charge is 2.23. The maximum atomic E-state index is 13.6. The minimum Gasteiger partial charge on any atom is -0.294 e. The summed E-state index contributed by atoms with van der Waals surface area (Å²) in [5.74, 6) is -4.10. The van der Waals surface area contributed by atoms with Gasteiger partial charge >= 0.3 is 0 Å². The van der Waals surface area contributed by atoms with Crippen LogP contribution < -0.4 is 0 Å². The van der Waals surface area contributed by atoms with Crippen LogP contribution in [0.1, 0.15) is 5.56 Å². The number of nitrogens with zero attached hydrogens (tertiary/aromatic N) is 1. The second-order valence-electron chi connectivity index (χ2n) is 3.18. The minimum absolute atomic E-state index is 0.481. The lowest BCUT2D eigenvalue weighted by molar-refractivity contribution is 0.426. The maximum absolute atomic E-state index is 13.6. The van der Waals surface area contributed by atoms with Crippen molar-refractivity contribution < 1.29 is 17.6 Å². The van der Waals surface area contributed by atoms with Crippen LogP contribution in [0.5, 0.6) is 0 Å². The van der Waals surface area contributed by atoms with E-state index < -0.39 is 34.5 Å². The van der Waals surface area contributed by atoms with Gasteiger partial charge in [0.25, 0.3) is 0 Å². The largest absolute Gasteiger partial charge is 0.294 e. The van der Waals surface area contributed by atoms with Crippen LogP contribution in [0.2, 0.25) is 0 Å². The van der Waals surface area contributed by atoms with Crippen LogP contribution in [-0.2, 0) is 0 Å². The molecule has 0 unspecified atom stereocenters. The number of benzene rings is 1. The third-order valence-corrected chi connectivity index (χ3v) is 3.08. The SMILES string of the molecule is Cc1c(F)c(F)c(F)c(-n2cccp2)c1F. The normalized spacial score (nSPS) is 11.3. The van der Waals surface area contributed by atoms with E-state index in [9.17, 15) is 17.6 Å². The summed E-state index contributed by atoms with van der Waals surface area (Å²) in [4.78, 5) is 0. The molecule has 0 amide bonds. The van der Waals surface area contributed by atoms with E-state index in [-0.39, 0.29) is 0 Å². The summed E-state index contributed by atoms with van der Waals surface area (Å²) in [7, 11) is 0.481. The van der Waals surface area contributed by atoms with Crippen LogP contribution >= 0.6 is 8.35 Å². The Labute approximate surface area is 90.5 Å². The predicted octanol–water partition coefficient (Wildman–Crippen LogP) is 3.92. The number of halogens is 4. The first-order valence-electron chi connectivity index (χ1n) is 4.36. The fourth-order valence-corrected chi connectivity index (χ4v) is 2.08. The molecule has 1 nitrogen and oxygen atoms in total.